The van der Waals surface area contributed by atoms with Crippen LogP contribution in [0.2, 0.25) is 5.02 Å². The highest BCUT2D eigenvalue weighted by atomic mass is 35.5. The molecule has 6 nitrogen and oxygen atoms in total. The molecular weight excluding hydrogens is 390 g/mol. The van der Waals surface area contributed by atoms with Gasteiger partial charge in [-0.3, -0.25) is 9.59 Å². The van der Waals surface area contributed by atoms with E-state index in [0.717, 1.165) is 5.69 Å². The quantitative estimate of drug-likeness (QED) is 0.558. The van der Waals surface area contributed by atoms with Crippen LogP contribution < -0.4 is 15.4 Å². The number of carbonyl (C=O) groups is 2. The van der Waals surface area contributed by atoms with Gasteiger partial charge in [0.05, 0.1) is 0 Å². The maximum Gasteiger partial charge on any atom is 0.260 e. The Hall–Kier alpha value is -3.25. The largest absolute Gasteiger partial charge is 0.481 e. The number of benzene rings is 2. The van der Waals surface area contributed by atoms with Gasteiger partial charge in [-0.05, 0) is 67.6 Å². The van der Waals surface area contributed by atoms with Crippen LogP contribution in [0.1, 0.15) is 17.3 Å². The number of carbonyl (C=O) groups excluding carboxylic acids is 2. The van der Waals surface area contributed by atoms with E-state index >= 15 is 0 Å². The van der Waals surface area contributed by atoms with E-state index < -0.39 is 6.10 Å². The molecule has 0 spiro atoms. The molecule has 0 fully saturated rings. The van der Waals surface area contributed by atoms with Gasteiger partial charge in [-0.15, -0.1) is 0 Å². The van der Waals surface area contributed by atoms with Crippen molar-refractivity contribution in [3.8, 4) is 11.4 Å². The molecule has 3 aromatic rings. The van der Waals surface area contributed by atoms with Gasteiger partial charge in [0.25, 0.3) is 11.8 Å². The van der Waals surface area contributed by atoms with E-state index in [1.807, 2.05) is 41.2 Å². The van der Waals surface area contributed by atoms with Crippen LogP contribution in [0, 0.1) is 0 Å². The van der Waals surface area contributed by atoms with Gasteiger partial charge in [0.1, 0.15) is 5.75 Å². The van der Waals surface area contributed by atoms with Crippen molar-refractivity contribution < 1.29 is 14.3 Å². The SMILES string of the molecule is CC(Oc1ccc(Cl)cc1)C(=O)NCCNC(=O)c1ccc(-n2cccc2)cc1. The lowest BCUT2D eigenvalue weighted by molar-refractivity contribution is -0.127. The second-order valence-electron chi connectivity index (χ2n) is 6.40. The van der Waals surface area contributed by atoms with Crippen molar-refractivity contribution in [2.24, 2.45) is 0 Å². The van der Waals surface area contributed by atoms with Gasteiger partial charge in [0, 0.05) is 41.8 Å². The zero-order chi connectivity index (χ0) is 20.6. The number of nitrogens with zero attached hydrogens (tertiary/aromatic N) is 1. The lowest BCUT2D eigenvalue weighted by Crippen LogP contribution is -2.40. The summed E-state index contributed by atoms with van der Waals surface area (Å²) in [6.45, 7) is 2.28. The molecule has 2 aromatic carbocycles. The van der Waals surface area contributed by atoms with E-state index in [1.165, 1.54) is 0 Å². The molecule has 3 rings (SSSR count). The van der Waals surface area contributed by atoms with Gasteiger partial charge in [0.2, 0.25) is 0 Å². The van der Waals surface area contributed by atoms with Gasteiger partial charge in [-0.25, -0.2) is 0 Å². The van der Waals surface area contributed by atoms with Crippen molar-refractivity contribution in [3.05, 3.63) is 83.6 Å². The number of ether oxygens (including phenoxy) is 1. The molecule has 7 heteroatoms. The molecule has 2 N–H and O–H groups in total. The molecule has 0 saturated carbocycles. The summed E-state index contributed by atoms with van der Waals surface area (Å²) in [6, 6.07) is 18.0. The van der Waals surface area contributed by atoms with E-state index in [9.17, 15) is 9.59 Å². The van der Waals surface area contributed by atoms with Crippen LogP contribution in [0.5, 0.6) is 5.75 Å². The molecule has 2 amide bonds. The van der Waals surface area contributed by atoms with Gasteiger partial charge in [-0.2, -0.15) is 0 Å². The van der Waals surface area contributed by atoms with Crippen molar-refractivity contribution in [1.29, 1.82) is 0 Å². The zero-order valence-electron chi connectivity index (χ0n) is 16.0. The fourth-order valence-corrected chi connectivity index (χ4v) is 2.80. The highest BCUT2D eigenvalue weighted by Gasteiger charge is 2.14. The van der Waals surface area contributed by atoms with Crippen LogP contribution in [0.25, 0.3) is 5.69 Å². The number of aromatic nitrogens is 1. The van der Waals surface area contributed by atoms with Crippen molar-refractivity contribution >= 4 is 23.4 Å². The van der Waals surface area contributed by atoms with Crippen molar-refractivity contribution in [2.45, 2.75) is 13.0 Å². The maximum absolute atomic E-state index is 12.2. The van der Waals surface area contributed by atoms with E-state index in [1.54, 1.807) is 43.3 Å². The smallest absolute Gasteiger partial charge is 0.260 e. The van der Waals surface area contributed by atoms with Crippen LogP contribution in [0.4, 0.5) is 0 Å². The highest BCUT2D eigenvalue weighted by molar-refractivity contribution is 6.30. The zero-order valence-corrected chi connectivity index (χ0v) is 16.7. The average molecular weight is 412 g/mol. The number of nitrogens with one attached hydrogen (secondary N) is 2. The third kappa shape index (κ3) is 5.86. The number of halogens is 1. The molecule has 0 aliphatic carbocycles. The van der Waals surface area contributed by atoms with Crippen LogP contribution in [0.15, 0.2) is 73.1 Å². The average Bonchev–Trinajstić information content (AvgIpc) is 3.27. The summed E-state index contributed by atoms with van der Waals surface area (Å²) in [7, 11) is 0. The summed E-state index contributed by atoms with van der Waals surface area (Å²) >= 11 is 5.83. The Morgan fingerprint density at radius 2 is 1.59 bits per heavy atom. The van der Waals surface area contributed by atoms with E-state index in [2.05, 4.69) is 10.6 Å². The minimum atomic E-state index is -0.659. The molecule has 29 heavy (non-hydrogen) atoms. The third-order valence-corrected chi connectivity index (χ3v) is 4.49. The summed E-state index contributed by atoms with van der Waals surface area (Å²) in [5, 5.41) is 6.13. The lowest BCUT2D eigenvalue weighted by atomic mass is 10.2. The van der Waals surface area contributed by atoms with E-state index in [-0.39, 0.29) is 11.8 Å². The molecule has 1 atom stereocenters. The summed E-state index contributed by atoms with van der Waals surface area (Å²) in [4.78, 5) is 24.3. The second kappa shape index (κ2) is 9.80. The van der Waals surface area contributed by atoms with Gasteiger partial charge < -0.3 is 19.9 Å². The molecule has 0 saturated heterocycles. The predicted molar refractivity (Wildman–Crippen MR) is 113 cm³/mol. The summed E-state index contributed by atoms with van der Waals surface area (Å²) < 4.78 is 7.52. The number of hydrogen-bond donors (Lipinski definition) is 2. The topological polar surface area (TPSA) is 72.4 Å². The first-order chi connectivity index (χ1) is 14.0. The Bertz CT molecular complexity index is 938. The summed E-state index contributed by atoms with van der Waals surface area (Å²) in [5.41, 5.74) is 1.54. The molecule has 1 heterocycles. The first-order valence-corrected chi connectivity index (χ1v) is 9.62. The molecule has 0 bridgehead atoms. The lowest BCUT2D eigenvalue weighted by Gasteiger charge is -2.15. The monoisotopic (exact) mass is 411 g/mol. The fraction of sp³-hybridized carbons (Fsp3) is 0.182. The first kappa shape index (κ1) is 20.5. The number of hydrogen-bond acceptors (Lipinski definition) is 3. The van der Waals surface area contributed by atoms with Crippen molar-refractivity contribution in [2.75, 3.05) is 13.1 Å². The molecule has 0 aliphatic rings. The van der Waals surface area contributed by atoms with Crippen molar-refractivity contribution in [1.82, 2.24) is 15.2 Å². The maximum atomic E-state index is 12.2. The van der Waals surface area contributed by atoms with E-state index in [0.29, 0.717) is 29.4 Å². The number of amides is 2. The molecule has 1 unspecified atom stereocenters. The van der Waals surface area contributed by atoms with Gasteiger partial charge >= 0.3 is 0 Å². The Morgan fingerprint density at radius 3 is 2.24 bits per heavy atom. The second-order valence-corrected chi connectivity index (χ2v) is 6.83. The summed E-state index contributed by atoms with van der Waals surface area (Å²) in [6.07, 6.45) is 3.22. The predicted octanol–water partition coefficient (Wildman–Crippen LogP) is 3.44. The molecular formula is C22H22ClN3O3. The van der Waals surface area contributed by atoms with Crippen molar-refractivity contribution in [3.63, 3.8) is 0 Å². The minimum Gasteiger partial charge on any atom is -0.481 e. The normalized spacial score (nSPS) is 11.5. The van der Waals surface area contributed by atoms with Crippen LogP contribution in [-0.2, 0) is 4.79 Å². The van der Waals surface area contributed by atoms with Gasteiger partial charge in [0.15, 0.2) is 6.10 Å². The van der Waals surface area contributed by atoms with Crippen LogP contribution in [-0.4, -0.2) is 35.6 Å². The Balaban J connectivity index is 1.39. The highest BCUT2D eigenvalue weighted by Crippen LogP contribution is 2.16. The van der Waals surface area contributed by atoms with Crippen LogP contribution in [0.3, 0.4) is 0 Å². The van der Waals surface area contributed by atoms with E-state index in [4.69, 9.17) is 16.3 Å². The van der Waals surface area contributed by atoms with Gasteiger partial charge in [-0.1, -0.05) is 11.6 Å². The standard InChI is InChI=1S/C22H22ClN3O3/c1-16(29-20-10-6-18(23)7-11-20)21(27)24-12-13-25-22(28)17-4-8-19(9-5-17)26-14-2-3-15-26/h2-11,14-16H,12-13H2,1H3,(H,24,27)(H,25,28). The minimum absolute atomic E-state index is 0.191. The number of rotatable bonds is 8. The third-order valence-electron chi connectivity index (χ3n) is 4.24. The first-order valence-electron chi connectivity index (χ1n) is 9.24. The molecule has 0 radical (unpaired) electrons. The summed E-state index contributed by atoms with van der Waals surface area (Å²) in [5.74, 6) is 0.114. The Morgan fingerprint density at radius 1 is 0.966 bits per heavy atom. The molecule has 1 aromatic heterocycles. The fourth-order valence-electron chi connectivity index (χ4n) is 2.67. The molecule has 150 valence electrons. The Labute approximate surface area is 174 Å². The van der Waals surface area contributed by atoms with Crippen LogP contribution >= 0.6 is 11.6 Å². The Kier molecular flexibility index (Phi) is 6.92. The molecule has 0 aliphatic heterocycles.